The van der Waals surface area contributed by atoms with Gasteiger partial charge in [0.05, 0.1) is 0 Å². The first-order valence-corrected chi connectivity index (χ1v) is 5.52. The fourth-order valence-electron chi connectivity index (χ4n) is 2.05. The fraction of sp³-hybridized carbons (Fsp3) is 0.545. The van der Waals surface area contributed by atoms with E-state index in [2.05, 4.69) is 5.32 Å². The lowest BCUT2D eigenvalue weighted by Crippen LogP contribution is -2.42. The van der Waals surface area contributed by atoms with Crippen LogP contribution in [-0.4, -0.2) is 23.2 Å². The number of rotatable bonds is 3. The fourth-order valence-corrected chi connectivity index (χ4v) is 2.05. The molecule has 1 saturated carbocycles. The third-order valence-electron chi connectivity index (χ3n) is 2.96. The molecule has 5 heteroatoms. The van der Waals surface area contributed by atoms with Gasteiger partial charge in [0.25, 0.3) is 0 Å². The van der Waals surface area contributed by atoms with Gasteiger partial charge in [-0.05, 0) is 18.9 Å². The highest BCUT2D eigenvalue weighted by atomic mass is 16.4. The molecule has 2 atom stereocenters. The summed E-state index contributed by atoms with van der Waals surface area (Å²) < 4.78 is 5.13. The smallest absolute Gasteiger partial charge is 0.371 e. The average Bonchev–Trinajstić information content (AvgIpc) is 2.70. The lowest BCUT2D eigenvalue weighted by atomic mass is 9.91. The van der Waals surface area contributed by atoms with Gasteiger partial charge in [0.2, 0.25) is 5.76 Å². The van der Waals surface area contributed by atoms with E-state index >= 15 is 0 Å². The second-order valence-corrected chi connectivity index (χ2v) is 4.17. The third-order valence-corrected chi connectivity index (χ3v) is 2.96. The molecule has 1 aliphatic carbocycles. The van der Waals surface area contributed by atoms with Gasteiger partial charge in [-0.15, -0.1) is 0 Å². The largest absolute Gasteiger partial charge is 0.475 e. The topological polar surface area (TPSA) is 88.5 Å². The van der Waals surface area contributed by atoms with Crippen LogP contribution in [0, 0.1) is 0 Å². The Labute approximate surface area is 93.6 Å². The molecule has 1 aliphatic rings. The van der Waals surface area contributed by atoms with E-state index in [-0.39, 0.29) is 17.8 Å². The van der Waals surface area contributed by atoms with Crippen molar-refractivity contribution in [3.05, 3.63) is 17.9 Å². The van der Waals surface area contributed by atoms with Crippen LogP contribution in [0.4, 0.5) is 5.88 Å². The molecular weight excluding hydrogens is 208 g/mol. The second-order valence-electron chi connectivity index (χ2n) is 4.17. The van der Waals surface area contributed by atoms with E-state index in [0.29, 0.717) is 5.88 Å². The van der Waals surface area contributed by atoms with Crippen LogP contribution in [0.25, 0.3) is 0 Å². The summed E-state index contributed by atoms with van der Waals surface area (Å²) in [6.45, 7) is 0. The van der Waals surface area contributed by atoms with Gasteiger partial charge in [-0.2, -0.15) is 0 Å². The summed E-state index contributed by atoms with van der Waals surface area (Å²) in [4.78, 5) is 10.6. The number of hydrogen-bond donors (Lipinski definition) is 3. The van der Waals surface area contributed by atoms with Gasteiger partial charge in [-0.3, -0.25) is 0 Å². The molecule has 0 aliphatic heterocycles. The third kappa shape index (κ3) is 2.36. The van der Waals surface area contributed by atoms with Gasteiger partial charge in [0, 0.05) is 18.2 Å². The maximum absolute atomic E-state index is 10.6. The Morgan fingerprint density at radius 2 is 2.19 bits per heavy atom. The summed E-state index contributed by atoms with van der Waals surface area (Å²) in [7, 11) is 0. The number of nitrogens with two attached hydrogens (primary N) is 1. The van der Waals surface area contributed by atoms with Gasteiger partial charge >= 0.3 is 5.97 Å². The monoisotopic (exact) mass is 224 g/mol. The maximum atomic E-state index is 10.6. The number of carboxylic acids is 1. The Hall–Kier alpha value is -1.49. The Morgan fingerprint density at radius 3 is 2.81 bits per heavy atom. The highest BCUT2D eigenvalue weighted by Crippen LogP contribution is 2.22. The molecule has 1 aromatic heterocycles. The molecule has 0 radical (unpaired) electrons. The average molecular weight is 224 g/mol. The molecule has 2 unspecified atom stereocenters. The molecule has 1 fully saturated rings. The predicted octanol–water partition coefficient (Wildman–Crippen LogP) is 1.66. The minimum Gasteiger partial charge on any atom is -0.475 e. The number of anilines is 1. The minimum atomic E-state index is -1.05. The molecule has 0 spiro atoms. The first kappa shape index (κ1) is 11.0. The number of nitrogens with one attached hydrogen (secondary N) is 1. The Morgan fingerprint density at radius 1 is 1.44 bits per heavy atom. The normalized spacial score (nSPS) is 25.3. The lowest BCUT2D eigenvalue weighted by molar-refractivity contribution is 0.0663. The van der Waals surface area contributed by atoms with Gasteiger partial charge < -0.3 is 20.6 Å². The van der Waals surface area contributed by atoms with Crippen molar-refractivity contribution in [3.63, 3.8) is 0 Å². The number of furan rings is 1. The molecule has 1 aromatic rings. The van der Waals surface area contributed by atoms with Gasteiger partial charge in [0.15, 0.2) is 5.88 Å². The van der Waals surface area contributed by atoms with E-state index in [4.69, 9.17) is 15.3 Å². The Balaban J connectivity index is 1.99. The number of hydrogen-bond acceptors (Lipinski definition) is 4. The molecule has 88 valence electrons. The van der Waals surface area contributed by atoms with Crippen LogP contribution in [0.3, 0.4) is 0 Å². The number of aromatic carboxylic acids is 1. The Bertz CT molecular complexity index is 375. The molecule has 0 bridgehead atoms. The van der Waals surface area contributed by atoms with Crippen molar-refractivity contribution in [2.45, 2.75) is 37.8 Å². The summed E-state index contributed by atoms with van der Waals surface area (Å²) in [5, 5.41) is 11.9. The first-order valence-electron chi connectivity index (χ1n) is 5.52. The zero-order valence-corrected chi connectivity index (χ0v) is 8.98. The molecule has 4 N–H and O–H groups in total. The van der Waals surface area contributed by atoms with Crippen LogP contribution < -0.4 is 11.1 Å². The molecular formula is C11H16N2O3. The van der Waals surface area contributed by atoms with Crippen LogP contribution in [0.5, 0.6) is 0 Å². The predicted molar refractivity (Wildman–Crippen MR) is 59.5 cm³/mol. The van der Waals surface area contributed by atoms with E-state index in [1.807, 2.05) is 0 Å². The van der Waals surface area contributed by atoms with Crippen LogP contribution in [-0.2, 0) is 0 Å². The zero-order chi connectivity index (χ0) is 11.5. The minimum absolute atomic E-state index is 0.0492. The second kappa shape index (κ2) is 4.57. The molecule has 5 nitrogen and oxygen atoms in total. The molecule has 2 rings (SSSR count). The SMILES string of the molecule is NC1CCCCC1Nc1ccc(C(=O)O)o1. The molecule has 0 aromatic carbocycles. The standard InChI is InChI=1S/C11H16N2O3/c12-7-3-1-2-4-8(7)13-10-6-5-9(16-10)11(14)15/h5-8,13H,1-4,12H2,(H,14,15). The van der Waals surface area contributed by atoms with Crippen molar-refractivity contribution in [1.29, 1.82) is 0 Å². The quantitative estimate of drug-likeness (QED) is 0.726. The number of carbonyl (C=O) groups is 1. The van der Waals surface area contributed by atoms with Crippen molar-refractivity contribution in [1.82, 2.24) is 0 Å². The molecule has 16 heavy (non-hydrogen) atoms. The number of carboxylic acid groups (broad SMARTS) is 1. The summed E-state index contributed by atoms with van der Waals surface area (Å²) in [5.41, 5.74) is 5.97. The van der Waals surface area contributed by atoms with Crippen molar-refractivity contribution in [2.75, 3.05) is 5.32 Å². The van der Waals surface area contributed by atoms with Crippen LogP contribution >= 0.6 is 0 Å². The van der Waals surface area contributed by atoms with Crippen molar-refractivity contribution in [2.24, 2.45) is 5.73 Å². The van der Waals surface area contributed by atoms with Gasteiger partial charge in [-0.25, -0.2) is 4.79 Å². The first-order chi connectivity index (χ1) is 7.66. The van der Waals surface area contributed by atoms with E-state index < -0.39 is 5.97 Å². The molecule has 1 heterocycles. The summed E-state index contributed by atoms with van der Waals surface area (Å²) in [5.74, 6) is -0.618. The van der Waals surface area contributed by atoms with E-state index in [9.17, 15) is 4.79 Å². The van der Waals surface area contributed by atoms with Gasteiger partial charge in [0.1, 0.15) is 0 Å². The molecule has 0 saturated heterocycles. The van der Waals surface area contributed by atoms with Crippen molar-refractivity contribution < 1.29 is 14.3 Å². The zero-order valence-electron chi connectivity index (χ0n) is 8.98. The lowest BCUT2D eigenvalue weighted by Gasteiger charge is -2.29. The summed E-state index contributed by atoms with van der Waals surface area (Å²) in [6, 6.07) is 3.37. The van der Waals surface area contributed by atoms with Crippen molar-refractivity contribution in [3.8, 4) is 0 Å². The van der Waals surface area contributed by atoms with Crippen LogP contribution in [0.2, 0.25) is 0 Å². The highest BCUT2D eigenvalue weighted by Gasteiger charge is 2.22. The highest BCUT2D eigenvalue weighted by molar-refractivity contribution is 5.84. The van der Waals surface area contributed by atoms with E-state index in [1.54, 1.807) is 6.07 Å². The summed E-state index contributed by atoms with van der Waals surface area (Å²) >= 11 is 0. The van der Waals surface area contributed by atoms with Crippen LogP contribution in [0.1, 0.15) is 36.2 Å². The van der Waals surface area contributed by atoms with E-state index in [0.717, 1.165) is 25.7 Å². The van der Waals surface area contributed by atoms with Crippen LogP contribution in [0.15, 0.2) is 16.5 Å². The van der Waals surface area contributed by atoms with E-state index in [1.165, 1.54) is 6.07 Å². The van der Waals surface area contributed by atoms with Crippen molar-refractivity contribution >= 4 is 11.9 Å². The summed E-state index contributed by atoms with van der Waals surface area (Å²) in [6.07, 6.45) is 4.32. The maximum Gasteiger partial charge on any atom is 0.371 e. The molecule has 0 amide bonds. The van der Waals surface area contributed by atoms with Gasteiger partial charge in [-0.1, -0.05) is 12.8 Å². The Kier molecular flexibility index (Phi) is 3.14.